The van der Waals surface area contributed by atoms with Gasteiger partial charge in [-0.3, -0.25) is 9.59 Å². The molecule has 165 valence electrons. The van der Waals surface area contributed by atoms with E-state index < -0.39 is 11.6 Å². The first-order chi connectivity index (χ1) is 14.4. The Labute approximate surface area is 179 Å². The molecule has 0 aromatic carbocycles. The molecule has 2 aliphatic heterocycles. The highest BCUT2D eigenvalue weighted by Gasteiger charge is 2.39. The third-order valence-electron chi connectivity index (χ3n) is 7.02. The number of piperidine rings is 2. The van der Waals surface area contributed by atoms with E-state index in [-0.39, 0.29) is 17.7 Å². The standard InChI is InChI=1S/C22H34N5O3/c23-16-22(25-19(28)7-6-17-4-2-1-3-5-17)10-14-26(15-11-22)20(29)18-8-12-27(13-9-18)21(24)30/h7,17-18H,1-6,8-15H2,(H2,24,30)(H,25,28). The highest BCUT2D eigenvalue weighted by atomic mass is 16.2. The van der Waals surface area contributed by atoms with Crippen LogP contribution in [0.1, 0.15) is 64.2 Å². The van der Waals surface area contributed by atoms with Crippen molar-refractivity contribution in [3.63, 3.8) is 0 Å². The Morgan fingerprint density at radius 2 is 1.63 bits per heavy atom. The Morgan fingerprint density at radius 1 is 1.00 bits per heavy atom. The van der Waals surface area contributed by atoms with Crippen LogP contribution in [0.5, 0.6) is 0 Å². The fourth-order valence-corrected chi connectivity index (χ4v) is 4.96. The number of carbonyl (C=O) groups excluding carboxylic acids is 3. The Bertz CT molecular complexity index is 667. The largest absolute Gasteiger partial charge is 0.351 e. The number of hydrogen-bond donors (Lipinski definition) is 2. The average Bonchev–Trinajstić information content (AvgIpc) is 2.78. The number of nitrogens with one attached hydrogen (secondary N) is 1. The van der Waals surface area contributed by atoms with Gasteiger partial charge in [0.15, 0.2) is 0 Å². The van der Waals surface area contributed by atoms with E-state index in [0.717, 1.165) is 6.42 Å². The predicted octanol–water partition coefficient (Wildman–Crippen LogP) is 1.95. The number of rotatable bonds is 5. The van der Waals surface area contributed by atoms with Gasteiger partial charge in [-0.05, 0) is 25.2 Å². The maximum Gasteiger partial charge on any atom is 0.314 e. The zero-order chi connectivity index (χ0) is 21.6. The third kappa shape index (κ3) is 5.65. The Hall–Kier alpha value is -2.30. The van der Waals surface area contributed by atoms with Gasteiger partial charge in [-0.2, -0.15) is 5.26 Å². The van der Waals surface area contributed by atoms with Crippen LogP contribution in [0.4, 0.5) is 4.79 Å². The maximum atomic E-state index is 12.8. The van der Waals surface area contributed by atoms with Crippen molar-refractivity contribution >= 4 is 17.8 Å². The summed E-state index contributed by atoms with van der Waals surface area (Å²) in [4.78, 5) is 39.9. The molecule has 2 saturated heterocycles. The van der Waals surface area contributed by atoms with Gasteiger partial charge in [0.25, 0.3) is 0 Å². The van der Waals surface area contributed by atoms with Crippen LogP contribution in [0.25, 0.3) is 0 Å². The van der Waals surface area contributed by atoms with Crippen molar-refractivity contribution in [3.8, 4) is 6.07 Å². The zero-order valence-corrected chi connectivity index (χ0v) is 17.8. The summed E-state index contributed by atoms with van der Waals surface area (Å²) in [6.45, 7) is 1.94. The highest BCUT2D eigenvalue weighted by molar-refractivity contribution is 5.85. The summed E-state index contributed by atoms with van der Waals surface area (Å²) in [5, 5.41) is 12.7. The molecule has 0 unspecified atom stereocenters. The molecule has 8 heteroatoms. The predicted molar refractivity (Wildman–Crippen MR) is 112 cm³/mol. The van der Waals surface area contributed by atoms with Crippen LogP contribution in [0, 0.1) is 29.6 Å². The SMILES string of the molecule is N#CC1(NC(=O)[CH]CC2CCCCC2)CCN(C(=O)C2CCN(C(N)=O)CC2)CC1. The van der Waals surface area contributed by atoms with Gasteiger partial charge in [0.05, 0.1) is 6.07 Å². The molecule has 1 aliphatic carbocycles. The lowest BCUT2D eigenvalue weighted by atomic mass is 9.85. The van der Waals surface area contributed by atoms with E-state index in [4.69, 9.17) is 5.73 Å². The molecule has 3 rings (SSSR count). The number of hydrogen-bond acceptors (Lipinski definition) is 4. The van der Waals surface area contributed by atoms with Crippen molar-refractivity contribution in [1.29, 1.82) is 5.26 Å². The Kier molecular flexibility index (Phi) is 7.57. The van der Waals surface area contributed by atoms with E-state index in [0.29, 0.717) is 57.8 Å². The summed E-state index contributed by atoms with van der Waals surface area (Å²) in [7, 11) is 0. The van der Waals surface area contributed by atoms with Gasteiger partial charge >= 0.3 is 6.03 Å². The van der Waals surface area contributed by atoms with Crippen LogP contribution in [-0.2, 0) is 9.59 Å². The number of carbonyl (C=O) groups is 3. The molecule has 1 radical (unpaired) electrons. The van der Waals surface area contributed by atoms with Gasteiger partial charge < -0.3 is 20.9 Å². The van der Waals surface area contributed by atoms with Gasteiger partial charge in [0, 0.05) is 51.4 Å². The lowest BCUT2D eigenvalue weighted by molar-refractivity contribution is -0.138. The lowest BCUT2D eigenvalue weighted by Crippen LogP contribution is -2.56. The maximum absolute atomic E-state index is 12.8. The molecule has 0 spiro atoms. The first kappa shape index (κ1) is 22.4. The molecule has 2 heterocycles. The number of primary amides is 1. The number of nitriles is 1. The fourth-order valence-electron chi connectivity index (χ4n) is 4.96. The second-order valence-electron chi connectivity index (χ2n) is 9.05. The molecule has 8 nitrogen and oxygen atoms in total. The summed E-state index contributed by atoms with van der Waals surface area (Å²) >= 11 is 0. The van der Waals surface area contributed by atoms with Crippen LogP contribution in [0.2, 0.25) is 0 Å². The molecule has 0 aromatic heterocycles. The number of likely N-dealkylation sites (tertiary alicyclic amines) is 2. The minimum atomic E-state index is -0.897. The van der Waals surface area contributed by atoms with Crippen LogP contribution in [0.15, 0.2) is 0 Å². The molecule has 3 aliphatic rings. The second-order valence-corrected chi connectivity index (χ2v) is 9.05. The van der Waals surface area contributed by atoms with Crippen molar-refractivity contribution in [2.45, 2.75) is 69.7 Å². The third-order valence-corrected chi connectivity index (χ3v) is 7.02. The van der Waals surface area contributed by atoms with Gasteiger partial charge in [-0.15, -0.1) is 0 Å². The molecule has 4 amide bonds. The van der Waals surface area contributed by atoms with Crippen molar-refractivity contribution in [2.75, 3.05) is 26.2 Å². The summed E-state index contributed by atoms with van der Waals surface area (Å²) in [5.74, 6) is 0.401. The molecule has 3 fully saturated rings. The summed E-state index contributed by atoms with van der Waals surface area (Å²) in [6, 6.07) is 1.86. The highest BCUT2D eigenvalue weighted by Crippen LogP contribution is 2.28. The first-order valence-corrected chi connectivity index (χ1v) is 11.3. The molecule has 0 bridgehead atoms. The van der Waals surface area contributed by atoms with Crippen molar-refractivity contribution in [3.05, 3.63) is 6.42 Å². The van der Waals surface area contributed by atoms with E-state index in [1.54, 1.807) is 16.2 Å². The molecule has 0 aromatic rings. The summed E-state index contributed by atoms with van der Waals surface area (Å²) in [6.07, 6.45) is 10.8. The number of amides is 4. The molecular formula is C22H34N5O3. The molecular weight excluding hydrogens is 382 g/mol. The van der Waals surface area contributed by atoms with Gasteiger partial charge in [-0.25, -0.2) is 4.79 Å². The second kappa shape index (κ2) is 10.1. The lowest BCUT2D eigenvalue weighted by Gasteiger charge is -2.40. The van der Waals surface area contributed by atoms with Gasteiger partial charge in [0.2, 0.25) is 11.8 Å². The minimum absolute atomic E-state index is 0.0841. The van der Waals surface area contributed by atoms with Crippen LogP contribution >= 0.6 is 0 Å². The van der Waals surface area contributed by atoms with Crippen LogP contribution < -0.4 is 11.1 Å². The normalized spacial score (nSPS) is 22.9. The smallest absolute Gasteiger partial charge is 0.314 e. The van der Waals surface area contributed by atoms with Crippen molar-refractivity contribution in [2.24, 2.45) is 17.6 Å². The summed E-state index contributed by atoms with van der Waals surface area (Å²) < 4.78 is 0. The molecule has 1 saturated carbocycles. The summed E-state index contributed by atoms with van der Waals surface area (Å²) in [5.41, 5.74) is 4.41. The molecule has 30 heavy (non-hydrogen) atoms. The van der Waals surface area contributed by atoms with E-state index in [1.165, 1.54) is 32.1 Å². The van der Waals surface area contributed by atoms with Gasteiger partial charge in [-0.1, -0.05) is 32.1 Å². The topological polar surface area (TPSA) is 120 Å². The molecule has 3 N–H and O–H groups in total. The van der Waals surface area contributed by atoms with E-state index >= 15 is 0 Å². The Morgan fingerprint density at radius 3 is 2.20 bits per heavy atom. The number of nitrogens with two attached hydrogens (primary N) is 1. The van der Waals surface area contributed by atoms with E-state index in [1.807, 2.05) is 0 Å². The van der Waals surface area contributed by atoms with Crippen molar-refractivity contribution in [1.82, 2.24) is 15.1 Å². The Balaban J connectivity index is 1.44. The molecule has 0 atom stereocenters. The van der Waals surface area contributed by atoms with Crippen molar-refractivity contribution < 1.29 is 14.4 Å². The fraction of sp³-hybridized carbons (Fsp3) is 0.773. The van der Waals surface area contributed by atoms with Crippen LogP contribution in [0.3, 0.4) is 0 Å². The minimum Gasteiger partial charge on any atom is -0.351 e. The average molecular weight is 417 g/mol. The number of urea groups is 1. The van der Waals surface area contributed by atoms with E-state index in [2.05, 4.69) is 11.4 Å². The van der Waals surface area contributed by atoms with Gasteiger partial charge in [0.1, 0.15) is 5.54 Å². The van der Waals surface area contributed by atoms with Crippen LogP contribution in [-0.4, -0.2) is 59.4 Å². The van der Waals surface area contributed by atoms with E-state index in [9.17, 15) is 19.6 Å². The first-order valence-electron chi connectivity index (χ1n) is 11.3. The zero-order valence-electron chi connectivity index (χ0n) is 17.8. The monoisotopic (exact) mass is 416 g/mol. The number of nitrogens with zero attached hydrogens (tertiary/aromatic N) is 3. The quantitative estimate of drug-likeness (QED) is 0.712.